The molecule has 1 aromatic heterocycles. The minimum Gasteiger partial charge on any atom is -0.388 e. The van der Waals surface area contributed by atoms with Gasteiger partial charge in [0.05, 0.1) is 6.54 Å². The lowest BCUT2D eigenvalue weighted by atomic mass is 10.3. The number of anilines is 1. The molecular formula is C12H19N5OS. The topological polar surface area (TPSA) is 84.1 Å². The predicted octanol–water partition coefficient (Wildman–Crippen LogP) is 0.462. The van der Waals surface area contributed by atoms with Gasteiger partial charge < -0.3 is 16.0 Å². The molecule has 0 atom stereocenters. The van der Waals surface area contributed by atoms with Crippen molar-refractivity contribution in [2.24, 2.45) is 5.73 Å². The van der Waals surface area contributed by atoms with Crippen LogP contribution in [0.25, 0.3) is 0 Å². The molecule has 0 aliphatic carbocycles. The number of nitrogens with one attached hydrogen (secondary N) is 1. The van der Waals surface area contributed by atoms with E-state index in [2.05, 4.69) is 15.3 Å². The Balaban J connectivity index is 2.82. The maximum Gasteiger partial charge on any atom is 0.239 e. The first-order valence-electron chi connectivity index (χ1n) is 6.11. The van der Waals surface area contributed by atoms with Gasteiger partial charge in [0.25, 0.3) is 0 Å². The van der Waals surface area contributed by atoms with Crippen LogP contribution < -0.4 is 16.0 Å². The van der Waals surface area contributed by atoms with Crippen LogP contribution in [0.5, 0.6) is 0 Å². The van der Waals surface area contributed by atoms with E-state index < -0.39 is 0 Å². The molecule has 0 aromatic carbocycles. The number of amides is 1. The SMILES string of the molecule is CCN(CC(=O)NC(C)C)c1nccc(C(N)=S)n1. The van der Waals surface area contributed by atoms with Crippen molar-refractivity contribution in [3.8, 4) is 0 Å². The second kappa shape index (κ2) is 6.98. The fourth-order valence-corrected chi connectivity index (χ4v) is 1.62. The minimum absolute atomic E-state index is 0.0684. The molecule has 0 aliphatic rings. The second-order valence-corrected chi connectivity index (χ2v) is 4.78. The lowest BCUT2D eigenvalue weighted by molar-refractivity contribution is -0.120. The number of rotatable bonds is 6. The number of carbonyl (C=O) groups excluding carboxylic acids is 1. The van der Waals surface area contributed by atoms with E-state index in [4.69, 9.17) is 18.0 Å². The van der Waals surface area contributed by atoms with E-state index in [-0.39, 0.29) is 23.5 Å². The number of hydrogen-bond acceptors (Lipinski definition) is 5. The average molecular weight is 281 g/mol. The van der Waals surface area contributed by atoms with Crippen LogP contribution in [0.1, 0.15) is 26.5 Å². The summed E-state index contributed by atoms with van der Waals surface area (Å²) in [4.78, 5) is 22.1. The van der Waals surface area contributed by atoms with E-state index in [1.165, 1.54) is 0 Å². The van der Waals surface area contributed by atoms with Gasteiger partial charge in [-0.1, -0.05) is 12.2 Å². The van der Waals surface area contributed by atoms with Crippen LogP contribution in [-0.2, 0) is 4.79 Å². The predicted molar refractivity (Wildman–Crippen MR) is 79.1 cm³/mol. The highest BCUT2D eigenvalue weighted by Gasteiger charge is 2.13. The normalized spacial score (nSPS) is 10.3. The van der Waals surface area contributed by atoms with Gasteiger partial charge in [0, 0.05) is 18.8 Å². The highest BCUT2D eigenvalue weighted by molar-refractivity contribution is 7.80. The lowest BCUT2D eigenvalue weighted by Gasteiger charge is -2.21. The summed E-state index contributed by atoms with van der Waals surface area (Å²) in [5.74, 6) is 0.382. The molecule has 1 aromatic rings. The van der Waals surface area contributed by atoms with Crippen molar-refractivity contribution in [2.45, 2.75) is 26.8 Å². The van der Waals surface area contributed by atoms with Crippen molar-refractivity contribution in [3.05, 3.63) is 18.0 Å². The van der Waals surface area contributed by atoms with Crippen LogP contribution >= 0.6 is 12.2 Å². The number of thiocarbonyl (C=S) groups is 1. The maximum absolute atomic E-state index is 11.8. The van der Waals surface area contributed by atoms with Crippen molar-refractivity contribution >= 4 is 29.1 Å². The highest BCUT2D eigenvalue weighted by Crippen LogP contribution is 2.07. The van der Waals surface area contributed by atoms with Gasteiger partial charge in [-0.3, -0.25) is 4.79 Å². The van der Waals surface area contributed by atoms with E-state index in [1.807, 2.05) is 20.8 Å². The standard InChI is InChI=1S/C12H19N5OS/c1-4-17(7-10(18)15-8(2)3)12-14-6-5-9(16-12)11(13)19/h5-6,8H,4,7H2,1-3H3,(H2,13,19)(H,15,18). The summed E-state index contributed by atoms with van der Waals surface area (Å²) >= 11 is 4.88. The molecule has 0 bridgehead atoms. The van der Waals surface area contributed by atoms with Gasteiger partial charge >= 0.3 is 0 Å². The van der Waals surface area contributed by atoms with Gasteiger partial charge in [0.1, 0.15) is 10.7 Å². The van der Waals surface area contributed by atoms with Gasteiger partial charge in [0.15, 0.2) is 0 Å². The quantitative estimate of drug-likeness (QED) is 0.737. The third-order valence-corrected chi connectivity index (χ3v) is 2.55. The third-order valence-electron chi connectivity index (χ3n) is 2.34. The van der Waals surface area contributed by atoms with E-state index in [0.29, 0.717) is 18.2 Å². The number of carbonyl (C=O) groups is 1. The fraction of sp³-hybridized carbons (Fsp3) is 0.500. The minimum atomic E-state index is -0.0684. The summed E-state index contributed by atoms with van der Waals surface area (Å²) in [5, 5.41) is 2.83. The van der Waals surface area contributed by atoms with Gasteiger partial charge in [-0.25, -0.2) is 9.97 Å². The Labute approximate surface area is 118 Å². The summed E-state index contributed by atoms with van der Waals surface area (Å²) in [6.45, 7) is 6.58. The second-order valence-electron chi connectivity index (χ2n) is 4.34. The smallest absolute Gasteiger partial charge is 0.239 e. The van der Waals surface area contributed by atoms with Crippen LogP contribution in [0.15, 0.2) is 12.3 Å². The molecule has 3 N–H and O–H groups in total. The summed E-state index contributed by atoms with van der Waals surface area (Å²) < 4.78 is 0. The molecule has 1 rings (SSSR count). The Kier molecular flexibility index (Phi) is 5.62. The largest absolute Gasteiger partial charge is 0.388 e. The number of hydrogen-bond donors (Lipinski definition) is 2. The average Bonchev–Trinajstić information content (AvgIpc) is 2.35. The Bertz CT molecular complexity index is 463. The molecule has 1 amide bonds. The van der Waals surface area contributed by atoms with Crippen LogP contribution in [-0.4, -0.2) is 40.0 Å². The molecule has 0 aliphatic heterocycles. The maximum atomic E-state index is 11.8. The summed E-state index contributed by atoms with van der Waals surface area (Å²) in [6.07, 6.45) is 1.58. The first-order chi connectivity index (χ1) is 8.93. The molecular weight excluding hydrogens is 262 g/mol. The summed E-state index contributed by atoms with van der Waals surface area (Å²) in [5.41, 5.74) is 6.04. The van der Waals surface area contributed by atoms with E-state index in [9.17, 15) is 4.79 Å². The first kappa shape index (κ1) is 15.3. The fourth-order valence-electron chi connectivity index (χ4n) is 1.50. The van der Waals surface area contributed by atoms with Crippen LogP contribution in [0.2, 0.25) is 0 Å². The van der Waals surface area contributed by atoms with Crippen molar-refractivity contribution in [3.63, 3.8) is 0 Å². The monoisotopic (exact) mass is 281 g/mol. The van der Waals surface area contributed by atoms with Crippen LogP contribution in [0.4, 0.5) is 5.95 Å². The highest BCUT2D eigenvalue weighted by atomic mass is 32.1. The van der Waals surface area contributed by atoms with Gasteiger partial charge in [-0.05, 0) is 26.8 Å². The Morgan fingerprint density at radius 3 is 2.79 bits per heavy atom. The molecule has 0 fully saturated rings. The zero-order valence-corrected chi connectivity index (χ0v) is 12.2. The number of aromatic nitrogens is 2. The number of likely N-dealkylation sites (N-methyl/N-ethyl adjacent to an activating group) is 1. The lowest BCUT2D eigenvalue weighted by Crippen LogP contribution is -2.40. The van der Waals surface area contributed by atoms with Crippen molar-refractivity contribution in [2.75, 3.05) is 18.0 Å². The van der Waals surface area contributed by atoms with E-state index in [1.54, 1.807) is 17.2 Å². The van der Waals surface area contributed by atoms with E-state index >= 15 is 0 Å². The van der Waals surface area contributed by atoms with Gasteiger partial charge in [-0.15, -0.1) is 0 Å². The Morgan fingerprint density at radius 2 is 2.26 bits per heavy atom. The molecule has 0 radical (unpaired) electrons. The summed E-state index contributed by atoms with van der Waals surface area (Å²) in [6, 6.07) is 1.75. The molecule has 6 nitrogen and oxygen atoms in total. The molecule has 0 saturated carbocycles. The number of nitrogens with two attached hydrogens (primary N) is 1. The van der Waals surface area contributed by atoms with E-state index in [0.717, 1.165) is 0 Å². The molecule has 7 heteroatoms. The molecule has 0 saturated heterocycles. The van der Waals surface area contributed by atoms with Crippen molar-refractivity contribution < 1.29 is 4.79 Å². The van der Waals surface area contributed by atoms with Crippen molar-refractivity contribution in [1.29, 1.82) is 0 Å². The zero-order chi connectivity index (χ0) is 14.4. The molecule has 1 heterocycles. The Morgan fingerprint density at radius 1 is 1.58 bits per heavy atom. The van der Waals surface area contributed by atoms with Crippen molar-refractivity contribution in [1.82, 2.24) is 15.3 Å². The molecule has 19 heavy (non-hydrogen) atoms. The van der Waals surface area contributed by atoms with Gasteiger partial charge in [0.2, 0.25) is 11.9 Å². The summed E-state index contributed by atoms with van der Waals surface area (Å²) in [7, 11) is 0. The van der Waals surface area contributed by atoms with Crippen LogP contribution in [0.3, 0.4) is 0 Å². The molecule has 0 unspecified atom stereocenters. The van der Waals surface area contributed by atoms with Crippen LogP contribution in [0, 0.1) is 0 Å². The van der Waals surface area contributed by atoms with Gasteiger partial charge in [-0.2, -0.15) is 0 Å². The zero-order valence-electron chi connectivity index (χ0n) is 11.4. The first-order valence-corrected chi connectivity index (χ1v) is 6.52. The third kappa shape index (κ3) is 4.78. The Hall–Kier alpha value is -1.76. The molecule has 0 spiro atoms. The number of nitrogens with zero attached hydrogens (tertiary/aromatic N) is 3. The molecule has 104 valence electrons.